The Balaban J connectivity index is 3.39. The SMILES string of the molecule is CCOC(=S)c1cccc([Si](C(C)C)(C(C)C)C(C)C)c1. The predicted octanol–water partition coefficient (Wildman–Crippen LogP) is 5.28. The van der Waals surface area contributed by atoms with Gasteiger partial charge in [0.1, 0.15) is 0 Å². The van der Waals surface area contributed by atoms with E-state index in [1.165, 1.54) is 5.19 Å². The van der Waals surface area contributed by atoms with Gasteiger partial charge in [-0.2, -0.15) is 0 Å². The molecule has 1 aromatic carbocycles. The number of ether oxygens (including phenoxy) is 1. The molecule has 0 N–H and O–H groups in total. The Morgan fingerprint density at radius 2 is 1.57 bits per heavy atom. The monoisotopic (exact) mass is 322 g/mol. The molecule has 0 fully saturated rings. The zero-order valence-electron chi connectivity index (χ0n) is 14.6. The highest BCUT2D eigenvalue weighted by Crippen LogP contribution is 2.41. The maximum absolute atomic E-state index is 5.52. The lowest BCUT2D eigenvalue weighted by Crippen LogP contribution is -2.55. The molecule has 1 nitrogen and oxygen atoms in total. The van der Waals surface area contributed by atoms with Crippen molar-refractivity contribution in [2.75, 3.05) is 6.61 Å². The van der Waals surface area contributed by atoms with Gasteiger partial charge in [-0.15, -0.1) is 0 Å². The summed E-state index contributed by atoms with van der Waals surface area (Å²) in [4.78, 5) is 0. The molecule has 0 saturated heterocycles. The standard InChI is InChI=1S/C18H30OSSi/c1-8-19-18(20)16-10-9-11-17(12-16)21(13(2)3,14(4)5)15(6)7/h9-15H,8H2,1-7H3. The smallest absolute Gasteiger partial charge is 0.191 e. The van der Waals surface area contributed by atoms with Gasteiger partial charge in [-0.25, -0.2) is 0 Å². The fraction of sp³-hybridized carbons (Fsp3) is 0.611. The van der Waals surface area contributed by atoms with Crippen molar-refractivity contribution in [1.82, 2.24) is 0 Å². The summed E-state index contributed by atoms with van der Waals surface area (Å²) in [5, 5.41) is 2.14. The minimum atomic E-state index is -1.62. The van der Waals surface area contributed by atoms with Crippen LogP contribution >= 0.6 is 12.2 Å². The molecule has 0 heterocycles. The number of benzene rings is 1. The van der Waals surface area contributed by atoms with Crippen molar-refractivity contribution in [2.45, 2.75) is 65.1 Å². The molecule has 0 aliphatic carbocycles. The maximum Gasteiger partial charge on any atom is 0.191 e. The van der Waals surface area contributed by atoms with Crippen molar-refractivity contribution in [1.29, 1.82) is 0 Å². The summed E-state index contributed by atoms with van der Waals surface area (Å²) >= 11 is 5.39. The number of hydrogen-bond donors (Lipinski definition) is 0. The first kappa shape index (κ1) is 18.4. The average molecular weight is 323 g/mol. The van der Waals surface area contributed by atoms with Crippen LogP contribution in [0.1, 0.15) is 54.0 Å². The van der Waals surface area contributed by atoms with E-state index in [2.05, 4.69) is 65.8 Å². The van der Waals surface area contributed by atoms with Crippen molar-refractivity contribution in [3.63, 3.8) is 0 Å². The van der Waals surface area contributed by atoms with E-state index in [0.717, 1.165) is 5.56 Å². The molecule has 0 radical (unpaired) electrons. The van der Waals surface area contributed by atoms with Crippen LogP contribution in [0.2, 0.25) is 16.6 Å². The first-order valence-electron chi connectivity index (χ1n) is 8.06. The number of hydrogen-bond acceptors (Lipinski definition) is 2. The lowest BCUT2D eigenvalue weighted by molar-refractivity contribution is 0.337. The summed E-state index contributed by atoms with van der Waals surface area (Å²) in [6, 6.07) is 8.82. The minimum Gasteiger partial charge on any atom is -0.483 e. The molecular weight excluding hydrogens is 292 g/mol. The summed E-state index contributed by atoms with van der Waals surface area (Å²) in [5.41, 5.74) is 3.17. The zero-order valence-corrected chi connectivity index (χ0v) is 16.4. The summed E-state index contributed by atoms with van der Waals surface area (Å²) in [7, 11) is -1.62. The van der Waals surface area contributed by atoms with E-state index in [1.807, 2.05) is 6.92 Å². The van der Waals surface area contributed by atoms with Gasteiger partial charge in [0.15, 0.2) is 5.05 Å². The first-order valence-corrected chi connectivity index (χ1v) is 10.7. The van der Waals surface area contributed by atoms with Crippen molar-refractivity contribution < 1.29 is 4.74 Å². The second-order valence-electron chi connectivity index (χ2n) is 6.70. The third-order valence-electron chi connectivity index (χ3n) is 4.74. The first-order chi connectivity index (χ1) is 9.78. The van der Waals surface area contributed by atoms with Gasteiger partial charge in [-0.3, -0.25) is 0 Å². The summed E-state index contributed by atoms with van der Waals surface area (Å²) < 4.78 is 5.52. The molecule has 3 heteroatoms. The number of thiocarbonyl (C=S) groups is 1. The van der Waals surface area contributed by atoms with Gasteiger partial charge < -0.3 is 4.74 Å². The highest BCUT2D eigenvalue weighted by Gasteiger charge is 2.44. The second kappa shape index (κ2) is 7.55. The molecule has 118 valence electrons. The van der Waals surface area contributed by atoms with Gasteiger partial charge in [0.2, 0.25) is 0 Å². The molecule has 0 bridgehead atoms. The van der Waals surface area contributed by atoms with Crippen LogP contribution in [0.3, 0.4) is 0 Å². The van der Waals surface area contributed by atoms with Crippen LogP contribution in [0.5, 0.6) is 0 Å². The van der Waals surface area contributed by atoms with E-state index in [4.69, 9.17) is 17.0 Å². The van der Waals surface area contributed by atoms with Crippen LogP contribution < -0.4 is 5.19 Å². The molecule has 0 unspecified atom stereocenters. The van der Waals surface area contributed by atoms with E-state index >= 15 is 0 Å². The van der Waals surface area contributed by atoms with E-state index < -0.39 is 8.07 Å². The van der Waals surface area contributed by atoms with Crippen LogP contribution in [0.25, 0.3) is 0 Å². The Labute approximate surface area is 137 Å². The molecule has 0 aromatic heterocycles. The molecule has 1 rings (SSSR count). The third kappa shape index (κ3) is 3.57. The largest absolute Gasteiger partial charge is 0.483 e. The quantitative estimate of drug-likeness (QED) is 0.520. The van der Waals surface area contributed by atoms with Gasteiger partial charge in [-0.05, 0) is 35.8 Å². The van der Waals surface area contributed by atoms with Crippen LogP contribution in [-0.2, 0) is 4.74 Å². The highest BCUT2D eigenvalue weighted by molar-refractivity contribution is 7.80. The van der Waals surface area contributed by atoms with Crippen LogP contribution in [0.4, 0.5) is 0 Å². The van der Waals surface area contributed by atoms with Crippen LogP contribution in [-0.4, -0.2) is 19.7 Å². The molecular formula is C18H30OSSi. The van der Waals surface area contributed by atoms with Crippen LogP contribution in [0, 0.1) is 0 Å². The Bertz CT molecular complexity index is 458. The van der Waals surface area contributed by atoms with E-state index in [-0.39, 0.29) is 0 Å². The van der Waals surface area contributed by atoms with Crippen molar-refractivity contribution in [3.8, 4) is 0 Å². The molecule has 0 aliphatic rings. The molecule has 0 amide bonds. The highest BCUT2D eigenvalue weighted by atomic mass is 32.1. The van der Waals surface area contributed by atoms with Gasteiger partial charge in [0.05, 0.1) is 14.7 Å². The van der Waals surface area contributed by atoms with E-state index in [1.54, 1.807) is 0 Å². The Kier molecular flexibility index (Phi) is 6.60. The minimum absolute atomic E-state index is 0.624. The van der Waals surface area contributed by atoms with Crippen molar-refractivity contribution in [3.05, 3.63) is 29.8 Å². The molecule has 21 heavy (non-hydrogen) atoms. The number of rotatable bonds is 6. The van der Waals surface area contributed by atoms with Crippen molar-refractivity contribution >= 4 is 30.5 Å². The second-order valence-corrected chi connectivity index (χ2v) is 13.0. The van der Waals surface area contributed by atoms with Crippen LogP contribution in [0.15, 0.2) is 24.3 Å². The molecule has 1 aromatic rings. The summed E-state index contributed by atoms with van der Waals surface area (Å²) in [5.74, 6) is 0. The Morgan fingerprint density at radius 3 is 2.00 bits per heavy atom. The fourth-order valence-corrected chi connectivity index (χ4v) is 11.2. The molecule has 0 aliphatic heterocycles. The molecule has 0 spiro atoms. The Morgan fingerprint density at radius 1 is 1.05 bits per heavy atom. The van der Waals surface area contributed by atoms with E-state index in [0.29, 0.717) is 28.3 Å². The summed E-state index contributed by atoms with van der Waals surface area (Å²) in [6.45, 7) is 16.9. The third-order valence-corrected chi connectivity index (χ3v) is 12.1. The lowest BCUT2D eigenvalue weighted by atomic mass is 10.2. The average Bonchev–Trinajstić information content (AvgIpc) is 2.38. The van der Waals surface area contributed by atoms with Gasteiger partial charge in [-0.1, -0.05) is 71.0 Å². The predicted molar refractivity (Wildman–Crippen MR) is 100 cm³/mol. The zero-order chi connectivity index (χ0) is 16.2. The maximum atomic E-state index is 5.52. The normalized spacial score (nSPS) is 12.3. The summed E-state index contributed by atoms with van der Waals surface area (Å²) in [6.07, 6.45) is 0. The van der Waals surface area contributed by atoms with E-state index in [9.17, 15) is 0 Å². The van der Waals surface area contributed by atoms with Crippen molar-refractivity contribution in [2.24, 2.45) is 0 Å². The van der Waals surface area contributed by atoms with Gasteiger partial charge >= 0.3 is 0 Å². The topological polar surface area (TPSA) is 9.23 Å². The Hall–Kier alpha value is -0.673. The molecule has 0 saturated carbocycles. The van der Waals surface area contributed by atoms with Gasteiger partial charge in [0, 0.05) is 5.56 Å². The molecule has 0 atom stereocenters. The van der Waals surface area contributed by atoms with Gasteiger partial charge in [0.25, 0.3) is 0 Å². The fourth-order valence-electron chi connectivity index (χ4n) is 4.13. The lowest BCUT2D eigenvalue weighted by Gasteiger charge is -2.43.